The van der Waals surface area contributed by atoms with Gasteiger partial charge in [0.05, 0.1) is 33.0 Å². The Hall–Kier alpha value is -0.250. The van der Waals surface area contributed by atoms with Crippen molar-refractivity contribution in [2.75, 3.05) is 24.2 Å². The molecule has 1 aromatic carbocycles. The molecule has 0 spiro atoms. The zero-order valence-corrected chi connectivity index (χ0v) is 14.9. The topological polar surface area (TPSA) is 89.5 Å². The summed E-state index contributed by atoms with van der Waals surface area (Å²) in [6, 6.07) is 1.04. The SMILES string of the molecule is COCCS(=O)(=O)Nc1c(Cl)cc(S(=O)(=O)Cl)c(C)c1Cl. The van der Waals surface area contributed by atoms with Gasteiger partial charge in [-0.2, -0.15) is 0 Å². The summed E-state index contributed by atoms with van der Waals surface area (Å²) in [4.78, 5) is -0.279. The van der Waals surface area contributed by atoms with Crippen molar-refractivity contribution < 1.29 is 21.6 Å². The molecule has 0 radical (unpaired) electrons. The first-order valence-corrected chi connectivity index (χ1v) is 10.1. The molecule has 1 rings (SSSR count). The van der Waals surface area contributed by atoms with Crippen LogP contribution in [0.5, 0.6) is 0 Å². The molecule has 0 saturated carbocycles. The normalized spacial score (nSPS) is 12.4. The lowest BCUT2D eigenvalue weighted by Gasteiger charge is -2.14. The molecule has 0 aromatic heterocycles. The Balaban J connectivity index is 3.32. The van der Waals surface area contributed by atoms with Crippen LogP contribution in [-0.4, -0.2) is 36.3 Å². The fraction of sp³-hybridized carbons (Fsp3) is 0.400. The van der Waals surface area contributed by atoms with Crippen molar-refractivity contribution >= 4 is 58.6 Å². The number of ether oxygens (including phenoxy) is 1. The molecule has 21 heavy (non-hydrogen) atoms. The van der Waals surface area contributed by atoms with Crippen molar-refractivity contribution in [3.05, 3.63) is 21.7 Å². The van der Waals surface area contributed by atoms with E-state index in [9.17, 15) is 16.8 Å². The van der Waals surface area contributed by atoms with Crippen LogP contribution >= 0.6 is 33.9 Å². The average molecular weight is 397 g/mol. The smallest absolute Gasteiger partial charge is 0.261 e. The van der Waals surface area contributed by atoms with Gasteiger partial charge in [-0.1, -0.05) is 23.2 Å². The van der Waals surface area contributed by atoms with Crippen LogP contribution in [0, 0.1) is 6.92 Å². The van der Waals surface area contributed by atoms with Crippen molar-refractivity contribution in [2.24, 2.45) is 0 Å². The number of hydrogen-bond donors (Lipinski definition) is 1. The maximum atomic E-state index is 11.8. The fourth-order valence-corrected chi connectivity index (χ4v) is 4.44. The first-order valence-electron chi connectivity index (χ1n) is 5.42. The van der Waals surface area contributed by atoms with Crippen LogP contribution in [0.2, 0.25) is 10.0 Å². The van der Waals surface area contributed by atoms with Gasteiger partial charge in [-0.25, -0.2) is 16.8 Å². The molecule has 0 amide bonds. The summed E-state index contributed by atoms with van der Waals surface area (Å²) in [6.07, 6.45) is 0. The summed E-state index contributed by atoms with van der Waals surface area (Å²) >= 11 is 11.9. The van der Waals surface area contributed by atoms with Crippen molar-refractivity contribution in [2.45, 2.75) is 11.8 Å². The maximum Gasteiger partial charge on any atom is 0.261 e. The molecular formula is C10H12Cl3NO5S2. The van der Waals surface area contributed by atoms with Gasteiger partial charge in [-0.3, -0.25) is 4.72 Å². The molecule has 0 heterocycles. The number of benzene rings is 1. The van der Waals surface area contributed by atoms with Gasteiger partial charge >= 0.3 is 0 Å². The number of rotatable bonds is 6. The molecule has 0 aliphatic rings. The number of methoxy groups -OCH3 is 1. The summed E-state index contributed by atoms with van der Waals surface area (Å²) in [5.41, 5.74) is -0.00323. The van der Waals surface area contributed by atoms with Crippen LogP contribution in [0.1, 0.15) is 5.56 Å². The highest BCUT2D eigenvalue weighted by molar-refractivity contribution is 8.13. The standard InChI is InChI=1S/C10H12Cl3NO5S2/c1-6-8(21(13,17)18)5-7(11)10(9(6)12)14-20(15,16)4-3-19-2/h5,14H,3-4H2,1-2H3. The molecule has 0 unspecified atom stereocenters. The van der Waals surface area contributed by atoms with Gasteiger partial charge < -0.3 is 4.74 Å². The van der Waals surface area contributed by atoms with Crippen LogP contribution < -0.4 is 4.72 Å². The molecule has 0 aliphatic heterocycles. The van der Waals surface area contributed by atoms with Crippen LogP contribution in [0.15, 0.2) is 11.0 Å². The minimum atomic E-state index is -4.05. The molecule has 1 aromatic rings. The largest absolute Gasteiger partial charge is 0.384 e. The number of sulfonamides is 1. The van der Waals surface area contributed by atoms with Crippen LogP contribution in [0.25, 0.3) is 0 Å². The molecule has 0 fully saturated rings. The highest BCUT2D eigenvalue weighted by Crippen LogP contribution is 2.38. The van der Waals surface area contributed by atoms with E-state index in [1.165, 1.54) is 14.0 Å². The van der Waals surface area contributed by atoms with Crippen molar-refractivity contribution in [3.8, 4) is 0 Å². The molecule has 1 N–H and O–H groups in total. The first-order chi connectivity index (χ1) is 9.49. The van der Waals surface area contributed by atoms with E-state index in [0.717, 1.165) is 6.07 Å². The average Bonchev–Trinajstić information content (AvgIpc) is 2.35. The zero-order chi connectivity index (χ0) is 16.4. The molecule has 0 atom stereocenters. The Kier molecular flexibility index (Phi) is 6.17. The second kappa shape index (κ2) is 6.89. The van der Waals surface area contributed by atoms with Gasteiger partial charge in [-0.15, -0.1) is 0 Å². The third-order valence-electron chi connectivity index (χ3n) is 2.49. The predicted octanol–water partition coefficient (Wildman–Crippen LogP) is 2.62. The molecule has 6 nitrogen and oxygen atoms in total. The van der Waals surface area contributed by atoms with Gasteiger partial charge in [0, 0.05) is 17.8 Å². The number of hydrogen-bond acceptors (Lipinski definition) is 5. The van der Waals surface area contributed by atoms with E-state index >= 15 is 0 Å². The summed E-state index contributed by atoms with van der Waals surface area (Å²) in [5, 5.41) is -0.312. The van der Waals surface area contributed by atoms with Gasteiger partial charge in [0.1, 0.15) is 0 Å². The maximum absolute atomic E-state index is 11.8. The lowest BCUT2D eigenvalue weighted by atomic mass is 10.2. The van der Waals surface area contributed by atoms with E-state index in [2.05, 4.69) is 9.46 Å². The molecule has 11 heteroatoms. The minimum absolute atomic E-state index is 0.0162. The Morgan fingerprint density at radius 3 is 2.29 bits per heavy atom. The summed E-state index contributed by atoms with van der Waals surface area (Å²) in [7, 11) is -1.16. The predicted molar refractivity (Wildman–Crippen MR) is 83.5 cm³/mol. The van der Waals surface area contributed by atoms with E-state index in [4.69, 9.17) is 33.9 Å². The van der Waals surface area contributed by atoms with E-state index in [1.807, 2.05) is 0 Å². The minimum Gasteiger partial charge on any atom is -0.384 e. The summed E-state index contributed by atoms with van der Waals surface area (Å²) < 4.78 is 53.3. The van der Waals surface area contributed by atoms with Crippen LogP contribution in [0.3, 0.4) is 0 Å². The van der Waals surface area contributed by atoms with Crippen LogP contribution in [0.4, 0.5) is 5.69 Å². The van der Waals surface area contributed by atoms with Gasteiger partial charge in [-0.05, 0) is 18.6 Å². The highest BCUT2D eigenvalue weighted by atomic mass is 35.7. The Labute approximate surface area is 137 Å². The van der Waals surface area contributed by atoms with Crippen molar-refractivity contribution in [3.63, 3.8) is 0 Å². The third kappa shape index (κ3) is 4.87. The zero-order valence-electron chi connectivity index (χ0n) is 11.0. The second-order valence-corrected chi connectivity index (χ2v) is 9.18. The molecule has 120 valence electrons. The number of halogens is 3. The fourth-order valence-electron chi connectivity index (χ4n) is 1.44. The Bertz CT molecular complexity index is 746. The number of nitrogens with one attached hydrogen (secondary N) is 1. The van der Waals surface area contributed by atoms with E-state index in [0.29, 0.717) is 0 Å². The molecular weight excluding hydrogens is 385 g/mol. The van der Waals surface area contributed by atoms with Gasteiger partial charge in [0.2, 0.25) is 10.0 Å². The lowest BCUT2D eigenvalue weighted by molar-refractivity contribution is 0.217. The first kappa shape index (κ1) is 18.8. The highest BCUT2D eigenvalue weighted by Gasteiger charge is 2.23. The van der Waals surface area contributed by atoms with Crippen molar-refractivity contribution in [1.29, 1.82) is 0 Å². The summed E-state index contributed by atoms with van der Waals surface area (Å²) in [6.45, 7) is 1.37. The van der Waals surface area contributed by atoms with Crippen molar-refractivity contribution in [1.82, 2.24) is 0 Å². The number of anilines is 1. The third-order valence-corrected chi connectivity index (χ3v) is 5.93. The second-order valence-electron chi connectivity index (χ2n) is 4.02. The van der Waals surface area contributed by atoms with E-state index in [-0.39, 0.29) is 38.6 Å². The van der Waals surface area contributed by atoms with E-state index < -0.39 is 19.1 Å². The molecule has 0 aliphatic carbocycles. The monoisotopic (exact) mass is 395 g/mol. The lowest BCUT2D eigenvalue weighted by Crippen LogP contribution is -2.20. The summed E-state index contributed by atoms with van der Waals surface area (Å²) in [5.74, 6) is -0.301. The quantitative estimate of drug-likeness (QED) is 0.747. The molecule has 0 saturated heterocycles. The molecule has 0 bridgehead atoms. The Morgan fingerprint density at radius 1 is 1.24 bits per heavy atom. The van der Waals surface area contributed by atoms with Crippen LogP contribution in [-0.2, 0) is 23.8 Å². The van der Waals surface area contributed by atoms with Gasteiger partial charge in [0.25, 0.3) is 9.05 Å². The Morgan fingerprint density at radius 2 is 1.81 bits per heavy atom. The van der Waals surface area contributed by atoms with E-state index in [1.54, 1.807) is 0 Å². The van der Waals surface area contributed by atoms with Gasteiger partial charge in [0.15, 0.2) is 0 Å².